The van der Waals surface area contributed by atoms with Crippen molar-refractivity contribution in [1.82, 2.24) is 25.5 Å². The predicted octanol–water partition coefficient (Wildman–Crippen LogP) is 0.609. The molecule has 0 radical (unpaired) electrons. The third kappa shape index (κ3) is 1.02. The SMILES string of the molecule is CNCc1nnnn1C1C2C3CCC(C3)C21. The lowest BCUT2D eigenvalue weighted by molar-refractivity contribution is 0.414. The standard InChI is InChI=1S/C11H17N5/c1-12-5-8-13-14-15-16(8)11-9-6-2-3-7(4-6)10(9)11/h6-7,9-12H,2-5H2,1H3. The highest BCUT2D eigenvalue weighted by molar-refractivity contribution is 5.15. The van der Waals surface area contributed by atoms with Gasteiger partial charge < -0.3 is 5.32 Å². The molecule has 0 aromatic carbocycles. The molecule has 86 valence electrons. The zero-order chi connectivity index (χ0) is 10.7. The van der Waals surface area contributed by atoms with Crippen LogP contribution in [0.25, 0.3) is 0 Å². The van der Waals surface area contributed by atoms with Crippen LogP contribution < -0.4 is 5.32 Å². The number of hydrogen-bond donors (Lipinski definition) is 1. The maximum Gasteiger partial charge on any atom is 0.165 e. The summed E-state index contributed by atoms with van der Waals surface area (Å²) in [5.41, 5.74) is 0. The van der Waals surface area contributed by atoms with Gasteiger partial charge >= 0.3 is 0 Å². The van der Waals surface area contributed by atoms with Crippen LogP contribution in [0.3, 0.4) is 0 Å². The lowest BCUT2D eigenvalue weighted by Crippen LogP contribution is -2.15. The number of rotatable bonds is 3. The Balaban J connectivity index is 1.61. The van der Waals surface area contributed by atoms with E-state index in [2.05, 4.69) is 25.5 Å². The second kappa shape index (κ2) is 3.03. The topological polar surface area (TPSA) is 55.6 Å². The Bertz CT molecular complexity index is 398. The Kier molecular flexibility index (Phi) is 1.72. The first-order valence-electron chi connectivity index (χ1n) is 6.31. The highest BCUT2D eigenvalue weighted by Crippen LogP contribution is 2.71. The molecule has 4 unspecified atom stereocenters. The van der Waals surface area contributed by atoms with Crippen molar-refractivity contribution < 1.29 is 0 Å². The van der Waals surface area contributed by atoms with E-state index in [0.29, 0.717) is 6.04 Å². The van der Waals surface area contributed by atoms with Crippen LogP contribution >= 0.6 is 0 Å². The van der Waals surface area contributed by atoms with Crippen molar-refractivity contribution in [2.45, 2.75) is 31.8 Å². The molecule has 1 heterocycles. The third-order valence-corrected chi connectivity index (χ3v) is 4.87. The molecule has 0 amide bonds. The second-order valence-electron chi connectivity index (χ2n) is 5.55. The molecule has 1 aromatic rings. The summed E-state index contributed by atoms with van der Waals surface area (Å²) < 4.78 is 2.09. The van der Waals surface area contributed by atoms with Gasteiger partial charge in [0.25, 0.3) is 0 Å². The summed E-state index contributed by atoms with van der Waals surface area (Å²) in [7, 11) is 1.94. The number of hydrogen-bond acceptors (Lipinski definition) is 4. The average molecular weight is 219 g/mol. The Morgan fingerprint density at radius 3 is 2.75 bits per heavy atom. The Hall–Kier alpha value is -0.970. The molecule has 4 atom stereocenters. The van der Waals surface area contributed by atoms with Crippen LogP contribution in [0, 0.1) is 23.7 Å². The maximum absolute atomic E-state index is 4.19. The molecule has 5 heteroatoms. The van der Waals surface area contributed by atoms with E-state index in [1.54, 1.807) is 0 Å². The monoisotopic (exact) mass is 219 g/mol. The third-order valence-electron chi connectivity index (χ3n) is 4.87. The number of tetrazole rings is 1. The van der Waals surface area contributed by atoms with Gasteiger partial charge in [0.05, 0.1) is 12.6 Å². The van der Waals surface area contributed by atoms with E-state index in [1.807, 2.05) is 7.05 Å². The van der Waals surface area contributed by atoms with Gasteiger partial charge in [0.2, 0.25) is 0 Å². The second-order valence-corrected chi connectivity index (χ2v) is 5.55. The van der Waals surface area contributed by atoms with Crippen molar-refractivity contribution in [3.8, 4) is 0 Å². The zero-order valence-electron chi connectivity index (χ0n) is 9.50. The van der Waals surface area contributed by atoms with Crippen molar-refractivity contribution in [3.05, 3.63) is 5.82 Å². The average Bonchev–Trinajstić information content (AvgIpc) is 2.73. The first kappa shape index (κ1) is 9.10. The van der Waals surface area contributed by atoms with E-state index in [0.717, 1.165) is 36.0 Å². The first-order valence-corrected chi connectivity index (χ1v) is 6.31. The minimum Gasteiger partial charge on any atom is -0.313 e. The van der Waals surface area contributed by atoms with Crippen molar-refractivity contribution in [2.75, 3.05) is 7.05 Å². The molecule has 0 saturated heterocycles. The summed E-state index contributed by atoms with van der Waals surface area (Å²) in [6.45, 7) is 0.776. The van der Waals surface area contributed by atoms with Crippen molar-refractivity contribution in [2.24, 2.45) is 23.7 Å². The largest absolute Gasteiger partial charge is 0.313 e. The van der Waals surface area contributed by atoms with Crippen molar-refractivity contribution in [1.29, 1.82) is 0 Å². The van der Waals surface area contributed by atoms with Gasteiger partial charge in [0.1, 0.15) is 0 Å². The highest BCUT2D eigenvalue weighted by atomic mass is 15.6. The molecule has 4 rings (SSSR count). The number of aromatic nitrogens is 4. The minimum absolute atomic E-state index is 0.629. The lowest BCUT2D eigenvalue weighted by atomic mass is 10.0. The Morgan fingerprint density at radius 2 is 2.06 bits per heavy atom. The molecular weight excluding hydrogens is 202 g/mol. The Morgan fingerprint density at radius 1 is 1.31 bits per heavy atom. The van der Waals surface area contributed by atoms with Crippen LogP contribution in [0.4, 0.5) is 0 Å². The molecular formula is C11H17N5. The predicted molar refractivity (Wildman–Crippen MR) is 57.4 cm³/mol. The van der Waals surface area contributed by atoms with E-state index in [1.165, 1.54) is 19.3 Å². The molecule has 3 fully saturated rings. The molecule has 0 aliphatic heterocycles. The molecule has 5 nitrogen and oxygen atoms in total. The van der Waals surface area contributed by atoms with E-state index in [4.69, 9.17) is 0 Å². The summed E-state index contributed by atoms with van der Waals surface area (Å²) in [6, 6.07) is 0.629. The molecule has 2 bridgehead atoms. The van der Waals surface area contributed by atoms with Gasteiger partial charge in [0, 0.05) is 0 Å². The van der Waals surface area contributed by atoms with Gasteiger partial charge in [-0.2, -0.15) is 0 Å². The van der Waals surface area contributed by atoms with Crippen LogP contribution in [0.15, 0.2) is 0 Å². The summed E-state index contributed by atoms with van der Waals surface area (Å²) >= 11 is 0. The summed E-state index contributed by atoms with van der Waals surface area (Å²) in [4.78, 5) is 0. The normalized spacial score (nSPS) is 43.7. The summed E-state index contributed by atoms with van der Waals surface area (Å²) in [6.07, 6.45) is 4.38. The highest BCUT2D eigenvalue weighted by Gasteiger charge is 2.66. The zero-order valence-corrected chi connectivity index (χ0v) is 9.50. The molecule has 3 aliphatic carbocycles. The molecule has 1 aromatic heterocycles. The van der Waals surface area contributed by atoms with Gasteiger partial charge in [-0.15, -0.1) is 5.10 Å². The van der Waals surface area contributed by atoms with Gasteiger partial charge in [-0.05, 0) is 60.4 Å². The van der Waals surface area contributed by atoms with Crippen LogP contribution in [-0.4, -0.2) is 27.3 Å². The fourth-order valence-electron chi connectivity index (χ4n) is 4.32. The molecule has 3 saturated carbocycles. The fourth-order valence-corrected chi connectivity index (χ4v) is 4.32. The van der Waals surface area contributed by atoms with Crippen molar-refractivity contribution in [3.63, 3.8) is 0 Å². The molecule has 3 aliphatic rings. The van der Waals surface area contributed by atoms with Gasteiger partial charge in [-0.3, -0.25) is 0 Å². The number of nitrogens with zero attached hydrogens (tertiary/aromatic N) is 4. The van der Waals surface area contributed by atoms with E-state index >= 15 is 0 Å². The number of nitrogens with one attached hydrogen (secondary N) is 1. The van der Waals surface area contributed by atoms with Gasteiger partial charge in [0.15, 0.2) is 5.82 Å². The first-order chi connectivity index (χ1) is 7.90. The lowest BCUT2D eigenvalue weighted by Gasteiger charge is -2.09. The number of fused-ring (bicyclic) bond motifs is 5. The quantitative estimate of drug-likeness (QED) is 0.809. The van der Waals surface area contributed by atoms with E-state index < -0.39 is 0 Å². The van der Waals surface area contributed by atoms with E-state index in [9.17, 15) is 0 Å². The minimum atomic E-state index is 0.629. The molecule has 0 spiro atoms. The smallest absolute Gasteiger partial charge is 0.165 e. The van der Waals surface area contributed by atoms with Gasteiger partial charge in [-0.25, -0.2) is 4.68 Å². The maximum atomic E-state index is 4.19. The van der Waals surface area contributed by atoms with Gasteiger partial charge in [-0.1, -0.05) is 0 Å². The van der Waals surface area contributed by atoms with Crippen LogP contribution in [0.5, 0.6) is 0 Å². The van der Waals surface area contributed by atoms with Crippen molar-refractivity contribution >= 4 is 0 Å². The summed E-state index contributed by atoms with van der Waals surface area (Å²) in [5.74, 6) is 4.76. The Labute approximate surface area is 94.6 Å². The van der Waals surface area contributed by atoms with Crippen LogP contribution in [0.2, 0.25) is 0 Å². The fraction of sp³-hybridized carbons (Fsp3) is 0.909. The molecule has 16 heavy (non-hydrogen) atoms. The van der Waals surface area contributed by atoms with Crippen LogP contribution in [0.1, 0.15) is 31.1 Å². The van der Waals surface area contributed by atoms with E-state index in [-0.39, 0.29) is 0 Å². The van der Waals surface area contributed by atoms with Crippen LogP contribution in [-0.2, 0) is 6.54 Å². The molecule has 1 N–H and O–H groups in total. The summed E-state index contributed by atoms with van der Waals surface area (Å²) in [5, 5.41) is 15.3.